The van der Waals surface area contributed by atoms with Crippen molar-refractivity contribution in [3.63, 3.8) is 0 Å². The standard InChI is InChI=1S/C16H15ClN2O2S2/c1-10-3-4-11-13(9-10)23-16(19(11)7-8-21-2)18-15(20)12-5-6-14(17)22-12/h3-6,9H,7-8H2,1-2H3. The van der Waals surface area contributed by atoms with Gasteiger partial charge in [0, 0.05) is 13.7 Å². The lowest BCUT2D eigenvalue weighted by molar-refractivity contribution is 0.100. The van der Waals surface area contributed by atoms with E-state index in [0.717, 1.165) is 10.2 Å². The second-order valence-electron chi connectivity index (χ2n) is 5.02. The van der Waals surface area contributed by atoms with Crippen LogP contribution in [0.2, 0.25) is 4.34 Å². The number of thiazole rings is 1. The predicted molar refractivity (Wildman–Crippen MR) is 95.7 cm³/mol. The van der Waals surface area contributed by atoms with Crippen molar-refractivity contribution < 1.29 is 9.53 Å². The van der Waals surface area contributed by atoms with Gasteiger partial charge in [0.1, 0.15) is 0 Å². The van der Waals surface area contributed by atoms with Gasteiger partial charge in [0.15, 0.2) is 4.80 Å². The van der Waals surface area contributed by atoms with E-state index in [0.29, 0.717) is 27.2 Å². The molecule has 0 saturated heterocycles. The van der Waals surface area contributed by atoms with Gasteiger partial charge in [-0.3, -0.25) is 4.79 Å². The van der Waals surface area contributed by atoms with E-state index in [4.69, 9.17) is 16.3 Å². The van der Waals surface area contributed by atoms with Crippen LogP contribution in [0.4, 0.5) is 0 Å². The molecular weight excluding hydrogens is 352 g/mol. The smallest absolute Gasteiger partial charge is 0.289 e. The van der Waals surface area contributed by atoms with E-state index in [-0.39, 0.29) is 5.91 Å². The summed E-state index contributed by atoms with van der Waals surface area (Å²) in [7, 11) is 1.66. The first-order chi connectivity index (χ1) is 11.1. The normalized spacial score (nSPS) is 12.2. The molecule has 1 amide bonds. The quantitative estimate of drug-likeness (QED) is 0.697. The summed E-state index contributed by atoms with van der Waals surface area (Å²) in [6, 6.07) is 9.64. The Morgan fingerprint density at radius 1 is 1.30 bits per heavy atom. The van der Waals surface area contributed by atoms with E-state index in [1.54, 1.807) is 19.2 Å². The first kappa shape index (κ1) is 16.4. The lowest BCUT2D eigenvalue weighted by Crippen LogP contribution is -2.19. The number of ether oxygens (including phenoxy) is 1. The van der Waals surface area contributed by atoms with Crippen molar-refractivity contribution in [3.8, 4) is 0 Å². The summed E-state index contributed by atoms with van der Waals surface area (Å²) in [6.07, 6.45) is 0. The third kappa shape index (κ3) is 3.55. The maximum absolute atomic E-state index is 12.3. The summed E-state index contributed by atoms with van der Waals surface area (Å²) in [5.41, 5.74) is 2.24. The lowest BCUT2D eigenvalue weighted by atomic mass is 10.2. The van der Waals surface area contributed by atoms with Gasteiger partial charge in [0.25, 0.3) is 5.91 Å². The second kappa shape index (κ2) is 6.97. The molecule has 0 N–H and O–H groups in total. The largest absolute Gasteiger partial charge is 0.383 e. The molecule has 23 heavy (non-hydrogen) atoms. The molecule has 120 valence electrons. The molecule has 0 spiro atoms. The highest BCUT2D eigenvalue weighted by molar-refractivity contribution is 7.18. The Bertz CT molecular complexity index is 924. The van der Waals surface area contributed by atoms with Gasteiger partial charge in [0.05, 0.1) is 26.0 Å². The van der Waals surface area contributed by atoms with Crippen LogP contribution in [0.5, 0.6) is 0 Å². The molecular formula is C16H15ClN2O2S2. The maximum atomic E-state index is 12.3. The zero-order valence-electron chi connectivity index (χ0n) is 12.7. The Morgan fingerprint density at radius 2 is 2.13 bits per heavy atom. The van der Waals surface area contributed by atoms with Crippen molar-refractivity contribution in [2.45, 2.75) is 13.5 Å². The summed E-state index contributed by atoms with van der Waals surface area (Å²) >= 11 is 8.65. The number of nitrogens with zero attached hydrogens (tertiary/aromatic N) is 2. The van der Waals surface area contributed by atoms with Gasteiger partial charge in [-0.15, -0.1) is 11.3 Å². The SMILES string of the molecule is COCCn1c(=NC(=O)c2ccc(Cl)s2)sc2cc(C)ccc21. The molecule has 2 heterocycles. The topological polar surface area (TPSA) is 43.6 Å². The number of aryl methyl sites for hydroxylation is 1. The Hall–Kier alpha value is -1.47. The Morgan fingerprint density at radius 3 is 2.83 bits per heavy atom. The fourth-order valence-corrected chi connectivity index (χ4v) is 4.32. The minimum atomic E-state index is -0.267. The van der Waals surface area contributed by atoms with Crippen molar-refractivity contribution in [2.24, 2.45) is 4.99 Å². The fourth-order valence-electron chi connectivity index (χ4n) is 2.24. The summed E-state index contributed by atoms with van der Waals surface area (Å²) in [6.45, 7) is 3.26. The van der Waals surface area contributed by atoms with Crippen LogP contribution < -0.4 is 4.80 Å². The molecule has 0 unspecified atom stereocenters. The van der Waals surface area contributed by atoms with Crippen LogP contribution in [-0.2, 0) is 11.3 Å². The highest BCUT2D eigenvalue weighted by atomic mass is 35.5. The number of rotatable bonds is 4. The van der Waals surface area contributed by atoms with Gasteiger partial charge < -0.3 is 9.30 Å². The van der Waals surface area contributed by atoms with E-state index in [1.165, 1.54) is 28.2 Å². The number of aromatic nitrogens is 1. The average molecular weight is 367 g/mol. The van der Waals surface area contributed by atoms with Crippen molar-refractivity contribution in [3.05, 3.63) is 49.9 Å². The first-order valence-corrected chi connectivity index (χ1v) is 9.03. The van der Waals surface area contributed by atoms with Gasteiger partial charge >= 0.3 is 0 Å². The van der Waals surface area contributed by atoms with Crippen molar-refractivity contribution in [2.75, 3.05) is 13.7 Å². The predicted octanol–water partition coefficient (Wildman–Crippen LogP) is 4.11. The van der Waals surface area contributed by atoms with Crippen LogP contribution in [0.3, 0.4) is 0 Å². The number of methoxy groups -OCH3 is 1. The van der Waals surface area contributed by atoms with Crippen LogP contribution in [0.15, 0.2) is 35.3 Å². The number of hydrogen-bond donors (Lipinski definition) is 0. The third-order valence-electron chi connectivity index (χ3n) is 3.34. The molecule has 0 saturated carbocycles. The number of benzene rings is 1. The first-order valence-electron chi connectivity index (χ1n) is 7.02. The number of amides is 1. The Balaban J connectivity index is 2.11. The van der Waals surface area contributed by atoms with Gasteiger partial charge in [-0.1, -0.05) is 29.0 Å². The highest BCUT2D eigenvalue weighted by Gasteiger charge is 2.11. The molecule has 2 aromatic heterocycles. The van der Waals surface area contributed by atoms with Crippen LogP contribution in [-0.4, -0.2) is 24.2 Å². The van der Waals surface area contributed by atoms with Crippen LogP contribution in [0, 0.1) is 6.92 Å². The number of thiophene rings is 1. The fraction of sp³-hybridized carbons (Fsp3) is 0.250. The van der Waals surface area contributed by atoms with Gasteiger partial charge in [-0.25, -0.2) is 0 Å². The van der Waals surface area contributed by atoms with Crippen LogP contribution in [0.25, 0.3) is 10.2 Å². The Labute approximate surface area is 146 Å². The van der Waals surface area contributed by atoms with E-state index in [9.17, 15) is 4.79 Å². The number of carbonyl (C=O) groups excluding carboxylic acids is 1. The number of carbonyl (C=O) groups is 1. The summed E-state index contributed by atoms with van der Waals surface area (Å²) in [4.78, 5) is 17.9. The summed E-state index contributed by atoms with van der Waals surface area (Å²) in [5, 5.41) is 0. The number of fused-ring (bicyclic) bond motifs is 1. The molecule has 0 aliphatic rings. The van der Waals surface area contributed by atoms with Gasteiger partial charge in [0.2, 0.25) is 0 Å². The molecule has 1 aromatic carbocycles. The molecule has 3 aromatic rings. The van der Waals surface area contributed by atoms with E-state index in [2.05, 4.69) is 23.2 Å². The zero-order valence-corrected chi connectivity index (χ0v) is 15.1. The van der Waals surface area contributed by atoms with E-state index in [1.807, 2.05) is 11.5 Å². The lowest BCUT2D eigenvalue weighted by Gasteiger charge is -2.04. The van der Waals surface area contributed by atoms with Crippen molar-refractivity contribution in [1.29, 1.82) is 0 Å². The van der Waals surface area contributed by atoms with Crippen LogP contribution in [0.1, 0.15) is 15.2 Å². The summed E-state index contributed by atoms with van der Waals surface area (Å²) in [5.74, 6) is -0.267. The minimum Gasteiger partial charge on any atom is -0.383 e. The maximum Gasteiger partial charge on any atom is 0.289 e. The Kier molecular flexibility index (Phi) is 4.96. The molecule has 0 fully saturated rings. The number of halogens is 1. The van der Waals surface area contributed by atoms with Crippen molar-refractivity contribution in [1.82, 2.24) is 4.57 Å². The van der Waals surface area contributed by atoms with Crippen LogP contribution >= 0.6 is 34.3 Å². The zero-order chi connectivity index (χ0) is 16.4. The molecule has 0 radical (unpaired) electrons. The molecule has 4 nitrogen and oxygen atoms in total. The molecule has 7 heteroatoms. The molecule has 3 rings (SSSR count). The van der Waals surface area contributed by atoms with E-state index < -0.39 is 0 Å². The average Bonchev–Trinajstić information content (AvgIpc) is 3.08. The minimum absolute atomic E-state index is 0.267. The summed E-state index contributed by atoms with van der Waals surface area (Å²) < 4.78 is 8.90. The monoisotopic (exact) mass is 366 g/mol. The highest BCUT2D eigenvalue weighted by Crippen LogP contribution is 2.22. The number of hydrogen-bond acceptors (Lipinski definition) is 4. The van der Waals surface area contributed by atoms with Gasteiger partial charge in [-0.2, -0.15) is 4.99 Å². The molecule has 0 bridgehead atoms. The molecule has 0 atom stereocenters. The van der Waals surface area contributed by atoms with Gasteiger partial charge in [-0.05, 0) is 36.8 Å². The second-order valence-corrected chi connectivity index (χ2v) is 7.75. The van der Waals surface area contributed by atoms with E-state index >= 15 is 0 Å². The molecule has 0 aliphatic carbocycles. The molecule has 0 aliphatic heterocycles. The third-order valence-corrected chi connectivity index (χ3v) is 5.60. The van der Waals surface area contributed by atoms with Crippen molar-refractivity contribution >= 4 is 50.4 Å².